The Hall–Kier alpha value is -1.89. The van der Waals surface area contributed by atoms with Crippen molar-refractivity contribution in [2.75, 3.05) is 5.75 Å². The molecule has 2 N–H and O–H groups in total. The number of carbonyl (C=O) groups is 1. The lowest BCUT2D eigenvalue weighted by Gasteiger charge is -2.08. The minimum Gasteiger partial charge on any atom is -0.337 e. The van der Waals surface area contributed by atoms with Crippen LogP contribution in [0.3, 0.4) is 0 Å². The molecule has 0 radical (unpaired) electrons. The van der Waals surface area contributed by atoms with Crippen LogP contribution in [0.1, 0.15) is 5.82 Å². The van der Waals surface area contributed by atoms with E-state index in [9.17, 15) is 9.18 Å². The Bertz CT molecular complexity index is 636. The topological polar surface area (TPSA) is 70.1 Å². The average Bonchev–Trinajstić information content (AvgIpc) is 2.72. The Kier molecular flexibility index (Phi) is 2.32. The number of aromatic amines is 1. The molecule has 0 fully saturated rings. The standard InChI is InChI=1S/C10H7FN4OS/c11-5-1-2-6-7(3-5)13-9(12-6)8-4-17-10(16)15-14-8/h1-3H,4H2,(H,12,13)(H,15,16). The van der Waals surface area contributed by atoms with Crippen molar-refractivity contribution in [1.82, 2.24) is 15.4 Å². The fourth-order valence-electron chi connectivity index (χ4n) is 1.55. The summed E-state index contributed by atoms with van der Waals surface area (Å²) < 4.78 is 13.0. The molecule has 0 saturated carbocycles. The number of carbonyl (C=O) groups excluding carboxylic acids is 1. The number of hydrogen-bond acceptors (Lipinski definition) is 4. The molecule has 7 heteroatoms. The molecule has 1 aromatic heterocycles. The van der Waals surface area contributed by atoms with Crippen molar-refractivity contribution in [3.8, 4) is 0 Å². The maximum absolute atomic E-state index is 13.0. The Morgan fingerprint density at radius 1 is 1.41 bits per heavy atom. The van der Waals surface area contributed by atoms with Crippen LogP contribution in [-0.4, -0.2) is 26.7 Å². The summed E-state index contributed by atoms with van der Waals surface area (Å²) in [5, 5.41) is 3.72. The fourth-order valence-corrected chi connectivity index (χ4v) is 2.13. The number of hydrazone groups is 1. The first-order valence-electron chi connectivity index (χ1n) is 4.87. The quantitative estimate of drug-likeness (QED) is 0.811. The van der Waals surface area contributed by atoms with E-state index in [4.69, 9.17) is 0 Å². The van der Waals surface area contributed by atoms with Crippen LogP contribution in [0.25, 0.3) is 11.0 Å². The Balaban J connectivity index is 2.03. The highest BCUT2D eigenvalue weighted by Gasteiger charge is 2.16. The summed E-state index contributed by atoms with van der Waals surface area (Å²) in [5.74, 6) is 0.688. The zero-order chi connectivity index (χ0) is 11.8. The smallest absolute Gasteiger partial charge is 0.299 e. The minimum absolute atomic E-state index is 0.184. The molecule has 0 aliphatic carbocycles. The second-order valence-electron chi connectivity index (χ2n) is 3.49. The van der Waals surface area contributed by atoms with Crippen molar-refractivity contribution in [1.29, 1.82) is 0 Å². The number of amides is 1. The number of imidazole rings is 1. The summed E-state index contributed by atoms with van der Waals surface area (Å²) in [6, 6.07) is 4.33. The van der Waals surface area contributed by atoms with E-state index < -0.39 is 0 Å². The van der Waals surface area contributed by atoms with E-state index in [1.54, 1.807) is 6.07 Å². The van der Waals surface area contributed by atoms with Gasteiger partial charge in [0.2, 0.25) is 0 Å². The summed E-state index contributed by atoms with van der Waals surface area (Å²) in [4.78, 5) is 18.2. The van der Waals surface area contributed by atoms with Crippen molar-refractivity contribution < 1.29 is 9.18 Å². The normalized spacial score (nSPS) is 15.8. The van der Waals surface area contributed by atoms with Crippen LogP contribution in [0.15, 0.2) is 23.3 Å². The number of nitrogens with one attached hydrogen (secondary N) is 2. The van der Waals surface area contributed by atoms with E-state index in [0.29, 0.717) is 28.3 Å². The first kappa shape index (κ1) is 10.3. The third-order valence-electron chi connectivity index (χ3n) is 2.34. The summed E-state index contributed by atoms with van der Waals surface area (Å²) in [5.41, 5.74) is 4.30. The largest absolute Gasteiger partial charge is 0.337 e. The van der Waals surface area contributed by atoms with E-state index in [0.717, 1.165) is 11.8 Å². The van der Waals surface area contributed by atoms with Gasteiger partial charge in [0.15, 0.2) is 5.82 Å². The van der Waals surface area contributed by atoms with Crippen molar-refractivity contribution in [2.24, 2.45) is 5.10 Å². The maximum atomic E-state index is 13.0. The minimum atomic E-state index is -0.319. The highest BCUT2D eigenvalue weighted by molar-refractivity contribution is 8.14. The highest BCUT2D eigenvalue weighted by atomic mass is 32.2. The van der Waals surface area contributed by atoms with Gasteiger partial charge in [-0.15, -0.1) is 0 Å². The summed E-state index contributed by atoms with van der Waals surface area (Å²) in [6.07, 6.45) is 0. The van der Waals surface area contributed by atoms with E-state index in [1.165, 1.54) is 12.1 Å². The van der Waals surface area contributed by atoms with Crippen molar-refractivity contribution in [3.63, 3.8) is 0 Å². The monoisotopic (exact) mass is 250 g/mol. The van der Waals surface area contributed by atoms with Crippen LogP contribution < -0.4 is 5.43 Å². The molecule has 3 rings (SSSR count). The molecule has 0 saturated heterocycles. The number of thioether (sulfide) groups is 1. The molecule has 5 nitrogen and oxygen atoms in total. The first-order chi connectivity index (χ1) is 8.22. The lowest BCUT2D eigenvalue weighted by molar-refractivity contribution is 0.261. The Labute approximate surface area is 99.5 Å². The van der Waals surface area contributed by atoms with Crippen LogP contribution in [0, 0.1) is 5.82 Å². The molecule has 0 atom stereocenters. The number of rotatable bonds is 1. The van der Waals surface area contributed by atoms with Gasteiger partial charge in [-0.1, -0.05) is 11.8 Å². The fraction of sp³-hybridized carbons (Fsp3) is 0.100. The summed E-state index contributed by atoms with van der Waals surface area (Å²) >= 11 is 1.12. The van der Waals surface area contributed by atoms with E-state index in [1.807, 2.05) is 0 Å². The van der Waals surface area contributed by atoms with Crippen molar-refractivity contribution in [2.45, 2.75) is 0 Å². The predicted molar refractivity (Wildman–Crippen MR) is 63.6 cm³/mol. The van der Waals surface area contributed by atoms with Gasteiger partial charge in [0.05, 0.1) is 16.8 Å². The molecule has 2 heterocycles. The average molecular weight is 250 g/mol. The van der Waals surface area contributed by atoms with Crippen LogP contribution >= 0.6 is 11.8 Å². The number of aromatic nitrogens is 2. The predicted octanol–water partition coefficient (Wildman–Crippen LogP) is 1.86. The third-order valence-corrected chi connectivity index (χ3v) is 3.11. The van der Waals surface area contributed by atoms with Crippen LogP contribution in [0.4, 0.5) is 9.18 Å². The lowest BCUT2D eigenvalue weighted by Crippen LogP contribution is -2.24. The van der Waals surface area contributed by atoms with Gasteiger partial charge in [-0.05, 0) is 18.2 Å². The molecule has 17 heavy (non-hydrogen) atoms. The molecular formula is C10H7FN4OS. The van der Waals surface area contributed by atoms with Gasteiger partial charge >= 0.3 is 0 Å². The van der Waals surface area contributed by atoms with Gasteiger partial charge in [0.25, 0.3) is 5.24 Å². The van der Waals surface area contributed by atoms with Gasteiger partial charge in [-0.25, -0.2) is 14.8 Å². The molecule has 1 aromatic carbocycles. The van der Waals surface area contributed by atoms with E-state index in [-0.39, 0.29) is 11.1 Å². The van der Waals surface area contributed by atoms with E-state index >= 15 is 0 Å². The molecule has 2 aromatic rings. The van der Waals surface area contributed by atoms with Gasteiger partial charge in [0, 0.05) is 0 Å². The molecule has 1 aliphatic rings. The number of hydrogen-bond donors (Lipinski definition) is 2. The maximum Gasteiger partial charge on any atom is 0.299 e. The Morgan fingerprint density at radius 3 is 3.06 bits per heavy atom. The number of benzene rings is 1. The van der Waals surface area contributed by atoms with Crippen LogP contribution in [0.5, 0.6) is 0 Å². The number of halogens is 1. The number of H-pyrrole nitrogens is 1. The molecule has 86 valence electrons. The molecule has 0 unspecified atom stereocenters. The molecule has 0 spiro atoms. The molecule has 1 aliphatic heterocycles. The van der Waals surface area contributed by atoms with Crippen molar-refractivity contribution >= 4 is 33.7 Å². The summed E-state index contributed by atoms with van der Waals surface area (Å²) in [6.45, 7) is 0. The van der Waals surface area contributed by atoms with Gasteiger partial charge < -0.3 is 4.98 Å². The number of nitrogens with zero attached hydrogens (tertiary/aromatic N) is 2. The van der Waals surface area contributed by atoms with Crippen LogP contribution in [0.2, 0.25) is 0 Å². The summed E-state index contributed by atoms with van der Waals surface area (Å²) in [7, 11) is 0. The number of fused-ring (bicyclic) bond motifs is 1. The second-order valence-corrected chi connectivity index (χ2v) is 4.44. The molecule has 1 amide bonds. The van der Waals surface area contributed by atoms with Gasteiger partial charge in [-0.3, -0.25) is 4.79 Å². The SMILES string of the molecule is O=C1NN=C(c2nc3ccc(F)cc3[nH]2)CS1. The molecule has 0 bridgehead atoms. The third kappa shape index (κ3) is 1.89. The zero-order valence-corrected chi connectivity index (χ0v) is 9.34. The zero-order valence-electron chi connectivity index (χ0n) is 8.53. The van der Waals surface area contributed by atoms with Crippen molar-refractivity contribution in [3.05, 3.63) is 29.8 Å². The Morgan fingerprint density at radius 2 is 2.29 bits per heavy atom. The molecular weight excluding hydrogens is 243 g/mol. The lowest BCUT2D eigenvalue weighted by atomic mass is 10.3. The van der Waals surface area contributed by atoms with Gasteiger partial charge in [-0.2, -0.15) is 5.10 Å². The van der Waals surface area contributed by atoms with E-state index in [2.05, 4.69) is 20.5 Å². The highest BCUT2D eigenvalue weighted by Crippen LogP contribution is 2.16. The second kappa shape index (κ2) is 3.85. The van der Waals surface area contributed by atoms with Crippen LogP contribution in [-0.2, 0) is 0 Å². The first-order valence-corrected chi connectivity index (χ1v) is 5.86. The van der Waals surface area contributed by atoms with Gasteiger partial charge in [0.1, 0.15) is 11.5 Å².